The van der Waals surface area contributed by atoms with Crippen LogP contribution < -0.4 is 15.1 Å². The van der Waals surface area contributed by atoms with Gasteiger partial charge in [0.2, 0.25) is 11.8 Å². The lowest BCUT2D eigenvalue weighted by molar-refractivity contribution is -0.138. The van der Waals surface area contributed by atoms with Crippen LogP contribution in [-0.2, 0) is 24.6 Å². The molecule has 0 aromatic heterocycles. The van der Waals surface area contributed by atoms with E-state index in [0.717, 1.165) is 10.6 Å². The van der Waals surface area contributed by atoms with E-state index in [9.17, 15) is 28.7 Å². The van der Waals surface area contributed by atoms with Crippen LogP contribution in [0.4, 0.5) is 15.8 Å². The number of hydrogen-bond acceptors (Lipinski definition) is 8. The van der Waals surface area contributed by atoms with Crippen LogP contribution in [0.3, 0.4) is 0 Å². The molecule has 4 amide bonds. The lowest BCUT2D eigenvalue weighted by Crippen LogP contribution is -2.53. The molecule has 4 aliphatic rings. The SMILES string of the molecule is O=C(c1ccccc1)c1ccc(N2C(=O)[C@H]3[C@H](CC=C4[C@H]3C[C@H]3C(=O)N(Nc5ccc(F)cc5)C(=O)[C@@]3(c3ccc(Cl)cc3)[C@H]4c3ccc(OCCO)cc3)C2=O)cc1. The Kier molecular flexibility index (Phi) is 9.73. The number of aliphatic hydroxyl groups excluding tert-OH is 1. The molecule has 59 heavy (non-hydrogen) atoms. The van der Waals surface area contributed by atoms with E-state index in [0.29, 0.717) is 44.4 Å². The predicted molar refractivity (Wildman–Crippen MR) is 217 cm³/mol. The van der Waals surface area contributed by atoms with Crippen molar-refractivity contribution in [2.45, 2.75) is 24.2 Å². The Morgan fingerprint density at radius 1 is 0.797 bits per heavy atom. The number of anilines is 2. The minimum absolute atomic E-state index is 0.0750. The first-order chi connectivity index (χ1) is 28.6. The number of halogens is 2. The Morgan fingerprint density at radius 2 is 1.47 bits per heavy atom. The highest BCUT2D eigenvalue weighted by Gasteiger charge is 2.70. The molecule has 2 N–H and O–H groups in total. The fourth-order valence-corrected chi connectivity index (χ4v) is 9.85. The van der Waals surface area contributed by atoms with Crippen LogP contribution in [-0.4, -0.2) is 52.7 Å². The van der Waals surface area contributed by atoms with Crippen LogP contribution in [0.15, 0.2) is 139 Å². The Labute approximate surface area is 343 Å². The third-order valence-corrected chi connectivity index (χ3v) is 12.5. The number of nitrogens with zero attached hydrogens (tertiary/aromatic N) is 2. The summed E-state index contributed by atoms with van der Waals surface area (Å²) in [5.41, 5.74) is 4.97. The number of fused-ring (bicyclic) bond motifs is 4. The van der Waals surface area contributed by atoms with Crippen molar-refractivity contribution in [1.82, 2.24) is 5.01 Å². The second-order valence-corrected chi connectivity index (χ2v) is 15.7. The van der Waals surface area contributed by atoms with Gasteiger partial charge in [0.05, 0.1) is 41.2 Å². The van der Waals surface area contributed by atoms with Gasteiger partial charge in [0.15, 0.2) is 5.78 Å². The van der Waals surface area contributed by atoms with Crippen LogP contribution in [0.1, 0.15) is 45.8 Å². The highest BCUT2D eigenvalue weighted by molar-refractivity contribution is 6.30. The normalized spacial score (nSPS) is 24.7. The standard InChI is InChI=1S/C47H37ClFN3O7/c48-31-12-10-30(11-13-31)47-39(44(56)52(46(47)58)50-33-16-14-32(49)15-17-33)26-38-36(41(47)27-8-20-35(21-9-27)59-25-24-53)22-23-37-40(38)45(57)51(43(37)55)34-18-6-29(7-19-34)42(54)28-4-2-1-3-5-28/h1-22,37-41,50,53H,23-26H2/t37-,38+,39-,40-,41-,47+/m0/s1. The van der Waals surface area contributed by atoms with Gasteiger partial charge in [-0.25, -0.2) is 4.39 Å². The van der Waals surface area contributed by atoms with Crippen molar-refractivity contribution in [1.29, 1.82) is 0 Å². The van der Waals surface area contributed by atoms with Crippen LogP contribution in [0.5, 0.6) is 5.75 Å². The number of hydrazine groups is 1. The van der Waals surface area contributed by atoms with Crippen molar-refractivity contribution in [3.8, 4) is 5.75 Å². The van der Waals surface area contributed by atoms with Crippen LogP contribution >= 0.6 is 11.6 Å². The summed E-state index contributed by atoms with van der Waals surface area (Å²) in [6.45, 7) is -0.109. The van der Waals surface area contributed by atoms with E-state index < -0.39 is 58.5 Å². The van der Waals surface area contributed by atoms with Gasteiger partial charge in [-0.1, -0.05) is 77.8 Å². The molecule has 3 fully saturated rings. The highest BCUT2D eigenvalue weighted by Crippen LogP contribution is 2.64. The molecule has 2 heterocycles. The van der Waals surface area contributed by atoms with E-state index in [4.69, 9.17) is 16.3 Å². The highest BCUT2D eigenvalue weighted by atomic mass is 35.5. The second-order valence-electron chi connectivity index (χ2n) is 15.3. The molecule has 2 saturated heterocycles. The number of hydrogen-bond donors (Lipinski definition) is 2. The fourth-order valence-electron chi connectivity index (χ4n) is 9.72. The second kappa shape index (κ2) is 15.1. The molecule has 5 aromatic carbocycles. The van der Waals surface area contributed by atoms with E-state index in [1.807, 2.05) is 24.3 Å². The zero-order chi connectivity index (χ0) is 41.0. The van der Waals surface area contributed by atoms with E-state index >= 15 is 4.79 Å². The number of carbonyl (C=O) groups is 5. The summed E-state index contributed by atoms with van der Waals surface area (Å²) in [5.74, 6) is -6.03. The number of benzene rings is 5. The van der Waals surface area contributed by atoms with E-state index in [1.54, 1.807) is 84.9 Å². The minimum Gasteiger partial charge on any atom is -0.491 e. The number of allylic oxidation sites excluding steroid dienone is 2. The molecule has 10 nitrogen and oxygen atoms in total. The summed E-state index contributed by atoms with van der Waals surface area (Å²) >= 11 is 6.40. The maximum atomic E-state index is 15.3. The molecular formula is C47H37ClFN3O7. The van der Waals surface area contributed by atoms with Crippen molar-refractivity contribution < 1.29 is 38.2 Å². The summed E-state index contributed by atoms with van der Waals surface area (Å²) < 4.78 is 19.6. The van der Waals surface area contributed by atoms with Crippen LogP contribution in [0, 0.1) is 29.5 Å². The van der Waals surface area contributed by atoms with E-state index in [-0.39, 0.29) is 37.7 Å². The number of amides is 4. The summed E-state index contributed by atoms with van der Waals surface area (Å²) in [7, 11) is 0. The Balaban J connectivity index is 1.14. The van der Waals surface area contributed by atoms with Gasteiger partial charge in [0.1, 0.15) is 18.2 Å². The number of rotatable bonds is 10. The van der Waals surface area contributed by atoms with E-state index in [2.05, 4.69) is 5.43 Å². The molecule has 0 radical (unpaired) electrons. The van der Waals surface area contributed by atoms with Crippen molar-refractivity contribution >= 4 is 52.4 Å². The van der Waals surface area contributed by atoms with Gasteiger partial charge in [-0.05, 0) is 103 Å². The molecular weight excluding hydrogens is 773 g/mol. The summed E-state index contributed by atoms with van der Waals surface area (Å²) in [5, 5.41) is 10.8. The number of ether oxygens (including phenoxy) is 1. The first kappa shape index (κ1) is 38.1. The number of nitrogens with one attached hydrogen (secondary N) is 1. The van der Waals surface area contributed by atoms with Crippen LogP contribution in [0.2, 0.25) is 5.02 Å². The lowest BCUT2D eigenvalue weighted by atomic mass is 9.49. The van der Waals surface area contributed by atoms with Gasteiger partial charge in [0, 0.05) is 22.1 Å². The zero-order valence-electron chi connectivity index (χ0n) is 31.5. The average Bonchev–Trinajstić information content (AvgIpc) is 3.64. The maximum absolute atomic E-state index is 15.3. The van der Waals surface area contributed by atoms with Gasteiger partial charge >= 0.3 is 0 Å². The number of imide groups is 2. The molecule has 6 atom stereocenters. The summed E-state index contributed by atoms with van der Waals surface area (Å²) in [6, 6.07) is 34.5. The first-order valence-electron chi connectivity index (χ1n) is 19.4. The van der Waals surface area contributed by atoms with Crippen molar-refractivity contribution in [2.75, 3.05) is 23.5 Å². The Hall–Kier alpha value is -6.43. The largest absolute Gasteiger partial charge is 0.491 e. The zero-order valence-corrected chi connectivity index (χ0v) is 32.2. The van der Waals surface area contributed by atoms with Crippen LogP contribution in [0.25, 0.3) is 0 Å². The molecule has 0 bridgehead atoms. The molecule has 12 heteroatoms. The molecule has 9 rings (SSSR count). The number of aliphatic hydroxyl groups is 1. The summed E-state index contributed by atoms with van der Waals surface area (Å²) in [6.07, 6.45) is 2.26. The predicted octanol–water partition coefficient (Wildman–Crippen LogP) is 7.27. The van der Waals surface area contributed by atoms with Gasteiger partial charge < -0.3 is 9.84 Å². The lowest BCUT2D eigenvalue weighted by Gasteiger charge is -2.50. The third kappa shape index (κ3) is 6.23. The van der Waals surface area contributed by atoms with Crippen molar-refractivity contribution in [2.24, 2.45) is 23.7 Å². The monoisotopic (exact) mass is 809 g/mol. The van der Waals surface area contributed by atoms with Gasteiger partial charge in [-0.3, -0.25) is 34.3 Å². The Bertz CT molecular complexity index is 2510. The molecule has 5 aromatic rings. The molecule has 0 spiro atoms. The molecule has 296 valence electrons. The molecule has 0 unspecified atom stereocenters. The minimum atomic E-state index is -1.54. The van der Waals surface area contributed by atoms with Gasteiger partial charge in [-0.15, -0.1) is 0 Å². The Morgan fingerprint density at radius 3 is 2.15 bits per heavy atom. The molecule has 1 saturated carbocycles. The number of carbonyl (C=O) groups excluding carboxylic acids is 5. The van der Waals surface area contributed by atoms with Crippen molar-refractivity contribution in [3.63, 3.8) is 0 Å². The topological polar surface area (TPSA) is 133 Å². The third-order valence-electron chi connectivity index (χ3n) is 12.3. The van der Waals surface area contributed by atoms with E-state index in [1.165, 1.54) is 29.2 Å². The first-order valence-corrected chi connectivity index (χ1v) is 19.8. The summed E-state index contributed by atoms with van der Waals surface area (Å²) in [4.78, 5) is 73.6. The van der Waals surface area contributed by atoms with Gasteiger partial charge in [0.25, 0.3) is 11.8 Å². The van der Waals surface area contributed by atoms with Gasteiger partial charge in [-0.2, -0.15) is 5.01 Å². The fraction of sp³-hybridized carbons (Fsp3) is 0.213. The van der Waals surface area contributed by atoms with Crippen molar-refractivity contribution in [3.05, 3.63) is 172 Å². The molecule has 2 aliphatic heterocycles. The average molecular weight is 810 g/mol. The quantitative estimate of drug-likeness (QED) is 0.0856. The smallest absolute Gasteiger partial charge is 0.260 e. The number of ketones is 1. The molecule has 2 aliphatic carbocycles. The maximum Gasteiger partial charge on any atom is 0.260 e.